The number of methoxy groups -OCH3 is 1. The molecular weight excluding hydrogens is 228 g/mol. The molecule has 17 heavy (non-hydrogen) atoms. The normalized spacial score (nSPS) is 12.7. The fourth-order valence-corrected chi connectivity index (χ4v) is 1.43. The lowest BCUT2D eigenvalue weighted by Gasteiger charge is -2.15. The van der Waals surface area contributed by atoms with Crippen LogP contribution in [-0.2, 0) is 11.3 Å². The van der Waals surface area contributed by atoms with Gasteiger partial charge in [-0.2, -0.15) is 0 Å². The topological polar surface area (TPSA) is 41.5 Å². The summed E-state index contributed by atoms with van der Waals surface area (Å²) >= 11 is 0. The van der Waals surface area contributed by atoms with E-state index in [9.17, 15) is 8.78 Å². The lowest BCUT2D eigenvalue weighted by atomic mass is 10.2. The van der Waals surface area contributed by atoms with E-state index in [1.54, 1.807) is 7.11 Å². The van der Waals surface area contributed by atoms with Crippen LogP contribution >= 0.6 is 0 Å². The van der Waals surface area contributed by atoms with Crippen LogP contribution in [0.3, 0.4) is 0 Å². The van der Waals surface area contributed by atoms with Crippen molar-refractivity contribution in [3.05, 3.63) is 35.4 Å². The van der Waals surface area contributed by atoms with Gasteiger partial charge in [0, 0.05) is 26.3 Å². The molecule has 0 bridgehead atoms. The lowest BCUT2D eigenvalue weighted by Crippen LogP contribution is -2.33. The van der Waals surface area contributed by atoms with Crippen molar-refractivity contribution in [1.82, 2.24) is 5.32 Å². The summed E-state index contributed by atoms with van der Waals surface area (Å²) in [6.07, 6.45) is 0.663. The Labute approximate surface area is 99.4 Å². The molecule has 0 spiro atoms. The zero-order chi connectivity index (χ0) is 12.7. The molecule has 0 heterocycles. The Morgan fingerprint density at radius 3 is 2.71 bits per heavy atom. The second-order valence-corrected chi connectivity index (χ2v) is 3.79. The minimum absolute atomic E-state index is 0.0208. The van der Waals surface area contributed by atoms with Gasteiger partial charge in [0.15, 0.2) is 11.6 Å². The molecule has 0 aliphatic carbocycles. The summed E-state index contributed by atoms with van der Waals surface area (Å²) in [5, 5.41) is 12.1. The smallest absolute Gasteiger partial charge is 0.159 e. The number of nitrogens with one attached hydrogen (secondary N) is 1. The van der Waals surface area contributed by atoms with Crippen molar-refractivity contribution in [2.45, 2.75) is 19.0 Å². The Hall–Kier alpha value is -1.04. The van der Waals surface area contributed by atoms with E-state index in [1.807, 2.05) is 0 Å². The maximum absolute atomic E-state index is 12.9. The Balaban J connectivity index is 2.45. The summed E-state index contributed by atoms with van der Waals surface area (Å²) in [6.45, 7) is 0.898. The summed E-state index contributed by atoms with van der Waals surface area (Å²) in [5.74, 6) is -1.71. The fraction of sp³-hybridized carbons (Fsp3) is 0.500. The summed E-state index contributed by atoms with van der Waals surface area (Å²) in [5.41, 5.74) is 0.639. The number of aliphatic hydroxyl groups is 1. The molecule has 1 aromatic rings. The van der Waals surface area contributed by atoms with Crippen molar-refractivity contribution in [3.63, 3.8) is 0 Å². The monoisotopic (exact) mass is 245 g/mol. The highest BCUT2D eigenvalue weighted by molar-refractivity contribution is 5.17. The van der Waals surface area contributed by atoms with E-state index < -0.39 is 11.6 Å². The van der Waals surface area contributed by atoms with Gasteiger partial charge in [0.05, 0.1) is 6.61 Å². The van der Waals surface area contributed by atoms with Gasteiger partial charge in [0.25, 0.3) is 0 Å². The number of ether oxygens (including phenoxy) is 1. The van der Waals surface area contributed by atoms with E-state index in [4.69, 9.17) is 9.84 Å². The molecule has 0 aliphatic heterocycles. The first-order valence-electron chi connectivity index (χ1n) is 5.44. The number of aliphatic hydroxyl groups excluding tert-OH is 1. The van der Waals surface area contributed by atoms with Crippen molar-refractivity contribution in [2.24, 2.45) is 0 Å². The van der Waals surface area contributed by atoms with Crippen molar-refractivity contribution >= 4 is 0 Å². The molecule has 0 fully saturated rings. The Morgan fingerprint density at radius 1 is 1.35 bits per heavy atom. The second-order valence-electron chi connectivity index (χ2n) is 3.79. The highest BCUT2D eigenvalue weighted by atomic mass is 19.2. The van der Waals surface area contributed by atoms with Crippen LogP contribution in [0.5, 0.6) is 0 Å². The van der Waals surface area contributed by atoms with E-state index in [0.29, 0.717) is 25.1 Å². The van der Waals surface area contributed by atoms with Gasteiger partial charge >= 0.3 is 0 Å². The second kappa shape index (κ2) is 7.32. The van der Waals surface area contributed by atoms with Gasteiger partial charge in [-0.25, -0.2) is 8.78 Å². The van der Waals surface area contributed by atoms with E-state index in [0.717, 1.165) is 12.1 Å². The first-order valence-corrected chi connectivity index (χ1v) is 5.44. The zero-order valence-electron chi connectivity index (χ0n) is 9.75. The van der Waals surface area contributed by atoms with Crippen molar-refractivity contribution in [1.29, 1.82) is 0 Å². The van der Waals surface area contributed by atoms with Crippen molar-refractivity contribution in [3.8, 4) is 0 Å². The summed E-state index contributed by atoms with van der Waals surface area (Å²) in [6, 6.07) is 3.64. The van der Waals surface area contributed by atoms with Gasteiger partial charge in [-0.05, 0) is 24.1 Å². The van der Waals surface area contributed by atoms with Crippen LogP contribution in [0.15, 0.2) is 18.2 Å². The first kappa shape index (κ1) is 14.0. The maximum atomic E-state index is 12.9. The third-order valence-electron chi connectivity index (χ3n) is 2.47. The standard InChI is InChI=1S/C12H17F2NO2/c1-17-5-4-10(8-16)15-7-9-2-3-11(13)12(14)6-9/h2-3,6,10,15-16H,4-5,7-8H2,1H3. The third-order valence-corrected chi connectivity index (χ3v) is 2.47. The molecule has 2 N–H and O–H groups in total. The Bertz CT molecular complexity index is 347. The molecule has 0 aliphatic rings. The number of hydrogen-bond acceptors (Lipinski definition) is 3. The molecule has 5 heteroatoms. The molecule has 1 rings (SSSR count). The van der Waals surface area contributed by atoms with Crippen LogP contribution in [0.2, 0.25) is 0 Å². The van der Waals surface area contributed by atoms with E-state index >= 15 is 0 Å². The largest absolute Gasteiger partial charge is 0.395 e. The molecule has 96 valence electrons. The number of rotatable bonds is 7. The molecule has 0 radical (unpaired) electrons. The van der Waals surface area contributed by atoms with Crippen molar-refractivity contribution < 1.29 is 18.6 Å². The number of hydrogen-bond donors (Lipinski definition) is 2. The minimum atomic E-state index is -0.860. The molecular formula is C12H17F2NO2. The van der Waals surface area contributed by atoms with Crippen LogP contribution in [0.1, 0.15) is 12.0 Å². The van der Waals surface area contributed by atoms with Crippen LogP contribution < -0.4 is 5.32 Å². The van der Waals surface area contributed by atoms with E-state index in [1.165, 1.54) is 6.07 Å². The quantitative estimate of drug-likeness (QED) is 0.764. The Morgan fingerprint density at radius 2 is 2.12 bits per heavy atom. The van der Waals surface area contributed by atoms with Crippen LogP contribution in [-0.4, -0.2) is 31.5 Å². The molecule has 0 amide bonds. The number of halogens is 2. The average Bonchev–Trinajstić information content (AvgIpc) is 2.34. The molecule has 0 saturated heterocycles. The summed E-state index contributed by atoms with van der Waals surface area (Å²) in [7, 11) is 1.59. The number of benzene rings is 1. The van der Waals surface area contributed by atoms with Gasteiger partial charge in [-0.15, -0.1) is 0 Å². The van der Waals surface area contributed by atoms with Crippen LogP contribution in [0, 0.1) is 11.6 Å². The van der Waals surface area contributed by atoms with E-state index in [2.05, 4.69) is 5.32 Å². The predicted molar refractivity (Wildman–Crippen MR) is 60.6 cm³/mol. The van der Waals surface area contributed by atoms with Crippen LogP contribution in [0.4, 0.5) is 8.78 Å². The van der Waals surface area contributed by atoms with Gasteiger partial charge < -0.3 is 15.2 Å². The third kappa shape index (κ3) is 4.77. The van der Waals surface area contributed by atoms with Crippen molar-refractivity contribution in [2.75, 3.05) is 20.3 Å². The van der Waals surface area contributed by atoms with Gasteiger partial charge in [-0.1, -0.05) is 6.07 Å². The highest BCUT2D eigenvalue weighted by Gasteiger charge is 2.07. The lowest BCUT2D eigenvalue weighted by molar-refractivity contribution is 0.159. The molecule has 0 aromatic heterocycles. The highest BCUT2D eigenvalue weighted by Crippen LogP contribution is 2.08. The predicted octanol–water partition coefficient (Wildman–Crippen LogP) is 1.45. The van der Waals surface area contributed by atoms with E-state index in [-0.39, 0.29) is 12.6 Å². The SMILES string of the molecule is COCCC(CO)NCc1ccc(F)c(F)c1. The van der Waals surface area contributed by atoms with Crippen LogP contribution in [0.25, 0.3) is 0 Å². The molecule has 0 saturated carbocycles. The minimum Gasteiger partial charge on any atom is -0.395 e. The van der Waals surface area contributed by atoms with Gasteiger partial charge in [0.2, 0.25) is 0 Å². The molecule has 1 unspecified atom stereocenters. The maximum Gasteiger partial charge on any atom is 0.159 e. The Kier molecular flexibility index (Phi) is 6.04. The summed E-state index contributed by atoms with van der Waals surface area (Å²) in [4.78, 5) is 0. The molecule has 1 aromatic carbocycles. The first-order chi connectivity index (χ1) is 8.17. The molecule has 1 atom stereocenters. The molecule has 3 nitrogen and oxygen atoms in total. The zero-order valence-corrected chi connectivity index (χ0v) is 9.75. The fourth-order valence-electron chi connectivity index (χ4n) is 1.43. The van der Waals surface area contributed by atoms with Gasteiger partial charge in [-0.3, -0.25) is 0 Å². The van der Waals surface area contributed by atoms with Gasteiger partial charge in [0.1, 0.15) is 0 Å². The summed E-state index contributed by atoms with van der Waals surface area (Å²) < 4.78 is 30.5. The average molecular weight is 245 g/mol.